The van der Waals surface area contributed by atoms with E-state index < -0.39 is 0 Å². The van der Waals surface area contributed by atoms with Gasteiger partial charge in [0, 0.05) is 16.6 Å². The predicted molar refractivity (Wildman–Crippen MR) is 90.1 cm³/mol. The normalized spacial score (nSPS) is 13.8. The molecule has 1 N–H and O–H groups in total. The lowest BCUT2D eigenvalue weighted by molar-refractivity contribution is 0.472. The molecule has 1 aliphatic carbocycles. The fourth-order valence-electron chi connectivity index (χ4n) is 2.88. The van der Waals surface area contributed by atoms with Gasteiger partial charge in [-0.15, -0.1) is 0 Å². The van der Waals surface area contributed by atoms with Crippen molar-refractivity contribution in [1.82, 2.24) is 5.32 Å². The van der Waals surface area contributed by atoms with E-state index in [0.717, 1.165) is 28.1 Å². The molecule has 1 aliphatic rings. The molecule has 0 saturated heterocycles. The van der Waals surface area contributed by atoms with Crippen LogP contribution in [-0.2, 0) is 19.4 Å². The zero-order valence-corrected chi connectivity index (χ0v) is 13.9. The summed E-state index contributed by atoms with van der Waals surface area (Å²) in [6, 6.07) is 12.7. The molecule has 0 bridgehead atoms. The van der Waals surface area contributed by atoms with Crippen molar-refractivity contribution in [2.75, 3.05) is 7.05 Å². The maximum absolute atomic E-state index is 6.12. The van der Waals surface area contributed by atoms with Gasteiger partial charge in [0.2, 0.25) is 0 Å². The van der Waals surface area contributed by atoms with Gasteiger partial charge in [0.05, 0.1) is 0 Å². The molecule has 0 spiro atoms. The van der Waals surface area contributed by atoms with Crippen LogP contribution in [0.4, 0.5) is 0 Å². The van der Waals surface area contributed by atoms with Crippen LogP contribution in [-0.4, -0.2) is 7.05 Å². The van der Waals surface area contributed by atoms with Gasteiger partial charge in [0.25, 0.3) is 0 Å². The molecule has 2 nitrogen and oxygen atoms in total. The Morgan fingerprint density at radius 3 is 2.67 bits per heavy atom. The summed E-state index contributed by atoms with van der Waals surface area (Å²) in [5.74, 6) is 1.86. The number of nitrogens with one attached hydrogen (secondary N) is 1. The molecule has 3 heteroatoms. The van der Waals surface area contributed by atoms with Crippen molar-refractivity contribution in [3.05, 3.63) is 57.6 Å². The maximum atomic E-state index is 6.12. The standard InChI is InChI=1S/C18H20BrNO/c1-20-12-15-10-16(19)7-9-18(15)21-17-8-6-13-4-2-3-5-14(13)11-17/h6-11,20H,2-5,12H2,1H3. The molecule has 0 radical (unpaired) electrons. The monoisotopic (exact) mass is 345 g/mol. The first-order valence-corrected chi connectivity index (χ1v) is 8.28. The summed E-state index contributed by atoms with van der Waals surface area (Å²) in [5, 5.41) is 3.19. The largest absolute Gasteiger partial charge is 0.457 e. The molecule has 0 heterocycles. The summed E-state index contributed by atoms with van der Waals surface area (Å²) in [6.45, 7) is 0.791. The van der Waals surface area contributed by atoms with Crippen molar-refractivity contribution in [2.24, 2.45) is 0 Å². The Labute approximate surface area is 134 Å². The number of hydrogen-bond donors (Lipinski definition) is 1. The van der Waals surface area contributed by atoms with E-state index in [1.165, 1.54) is 36.8 Å². The zero-order chi connectivity index (χ0) is 14.7. The first-order chi connectivity index (χ1) is 10.3. The van der Waals surface area contributed by atoms with E-state index >= 15 is 0 Å². The lowest BCUT2D eigenvalue weighted by atomic mass is 9.92. The Balaban J connectivity index is 1.86. The average molecular weight is 346 g/mol. The molecule has 2 aromatic rings. The Bertz CT molecular complexity index is 639. The number of rotatable bonds is 4. The molecule has 0 aliphatic heterocycles. The minimum atomic E-state index is 0.791. The molecule has 0 fully saturated rings. The first kappa shape index (κ1) is 14.6. The molecule has 0 atom stereocenters. The maximum Gasteiger partial charge on any atom is 0.131 e. The number of halogens is 1. The third-order valence-corrected chi connectivity index (χ3v) is 4.43. The van der Waals surface area contributed by atoms with Gasteiger partial charge in [-0.25, -0.2) is 0 Å². The van der Waals surface area contributed by atoms with Crippen LogP contribution >= 0.6 is 15.9 Å². The second-order valence-electron chi connectivity index (χ2n) is 5.52. The lowest BCUT2D eigenvalue weighted by Crippen LogP contribution is -2.07. The molecular formula is C18H20BrNO. The first-order valence-electron chi connectivity index (χ1n) is 7.49. The number of ether oxygens (including phenoxy) is 1. The molecule has 0 aromatic heterocycles. The van der Waals surface area contributed by atoms with Crippen molar-refractivity contribution in [2.45, 2.75) is 32.2 Å². The number of benzene rings is 2. The van der Waals surface area contributed by atoms with E-state index in [0.29, 0.717) is 0 Å². The van der Waals surface area contributed by atoms with E-state index in [-0.39, 0.29) is 0 Å². The highest BCUT2D eigenvalue weighted by Gasteiger charge is 2.11. The van der Waals surface area contributed by atoms with Crippen LogP contribution in [0, 0.1) is 0 Å². The molecule has 0 saturated carbocycles. The summed E-state index contributed by atoms with van der Waals surface area (Å²) in [4.78, 5) is 0. The molecule has 0 unspecified atom stereocenters. The fourth-order valence-corrected chi connectivity index (χ4v) is 3.28. The highest BCUT2D eigenvalue weighted by molar-refractivity contribution is 9.10. The Hall–Kier alpha value is -1.32. The molecular weight excluding hydrogens is 326 g/mol. The lowest BCUT2D eigenvalue weighted by Gasteiger charge is -2.17. The Morgan fingerprint density at radius 1 is 1.05 bits per heavy atom. The second-order valence-corrected chi connectivity index (χ2v) is 6.44. The van der Waals surface area contributed by atoms with E-state index in [1.807, 2.05) is 19.2 Å². The summed E-state index contributed by atoms with van der Waals surface area (Å²) in [5.41, 5.74) is 4.09. The van der Waals surface area contributed by atoms with Gasteiger partial charge in [-0.2, -0.15) is 0 Å². The predicted octanol–water partition coefficient (Wildman–Crippen LogP) is 4.84. The van der Waals surface area contributed by atoms with Crippen LogP contribution in [0.25, 0.3) is 0 Å². The van der Waals surface area contributed by atoms with Crippen LogP contribution in [0.3, 0.4) is 0 Å². The van der Waals surface area contributed by atoms with Crippen molar-refractivity contribution in [3.63, 3.8) is 0 Å². The van der Waals surface area contributed by atoms with Crippen LogP contribution in [0.1, 0.15) is 29.5 Å². The summed E-state index contributed by atoms with van der Waals surface area (Å²) in [6.07, 6.45) is 4.99. The fraction of sp³-hybridized carbons (Fsp3) is 0.333. The van der Waals surface area contributed by atoms with Gasteiger partial charge in [-0.3, -0.25) is 0 Å². The summed E-state index contributed by atoms with van der Waals surface area (Å²) < 4.78 is 7.20. The Kier molecular flexibility index (Phi) is 4.61. The Morgan fingerprint density at radius 2 is 1.86 bits per heavy atom. The number of hydrogen-bond acceptors (Lipinski definition) is 2. The smallest absolute Gasteiger partial charge is 0.131 e. The molecule has 2 aromatic carbocycles. The van der Waals surface area contributed by atoms with Crippen LogP contribution < -0.4 is 10.1 Å². The third-order valence-electron chi connectivity index (χ3n) is 3.94. The number of fused-ring (bicyclic) bond motifs is 1. The van der Waals surface area contributed by atoms with Crippen molar-refractivity contribution < 1.29 is 4.74 Å². The molecule has 3 rings (SSSR count). The SMILES string of the molecule is CNCc1cc(Br)ccc1Oc1ccc2c(c1)CCCC2. The van der Waals surface area contributed by atoms with Gasteiger partial charge in [0.15, 0.2) is 0 Å². The van der Waals surface area contributed by atoms with Gasteiger partial charge in [-0.05, 0) is 74.2 Å². The van der Waals surface area contributed by atoms with E-state index in [2.05, 4.69) is 45.5 Å². The van der Waals surface area contributed by atoms with E-state index in [9.17, 15) is 0 Å². The number of aryl methyl sites for hydroxylation is 2. The molecule has 21 heavy (non-hydrogen) atoms. The topological polar surface area (TPSA) is 21.3 Å². The third kappa shape index (κ3) is 3.47. The van der Waals surface area contributed by atoms with Crippen LogP contribution in [0.2, 0.25) is 0 Å². The quantitative estimate of drug-likeness (QED) is 0.855. The second kappa shape index (κ2) is 6.63. The average Bonchev–Trinajstić information content (AvgIpc) is 2.50. The van der Waals surface area contributed by atoms with Crippen molar-refractivity contribution >= 4 is 15.9 Å². The minimum absolute atomic E-state index is 0.791. The van der Waals surface area contributed by atoms with Gasteiger partial charge < -0.3 is 10.1 Å². The zero-order valence-electron chi connectivity index (χ0n) is 12.3. The minimum Gasteiger partial charge on any atom is -0.457 e. The van der Waals surface area contributed by atoms with E-state index in [4.69, 9.17) is 4.74 Å². The van der Waals surface area contributed by atoms with Crippen LogP contribution in [0.15, 0.2) is 40.9 Å². The van der Waals surface area contributed by atoms with Gasteiger partial charge in [-0.1, -0.05) is 22.0 Å². The summed E-state index contributed by atoms with van der Waals surface area (Å²) >= 11 is 3.52. The van der Waals surface area contributed by atoms with Gasteiger partial charge in [0.1, 0.15) is 11.5 Å². The highest BCUT2D eigenvalue weighted by atomic mass is 79.9. The van der Waals surface area contributed by atoms with Gasteiger partial charge >= 0.3 is 0 Å². The summed E-state index contributed by atoms with van der Waals surface area (Å²) in [7, 11) is 1.95. The van der Waals surface area contributed by atoms with Crippen molar-refractivity contribution in [1.29, 1.82) is 0 Å². The highest BCUT2D eigenvalue weighted by Crippen LogP contribution is 2.31. The molecule has 0 amide bonds. The van der Waals surface area contributed by atoms with E-state index in [1.54, 1.807) is 0 Å². The van der Waals surface area contributed by atoms with Crippen molar-refractivity contribution in [3.8, 4) is 11.5 Å². The molecule has 110 valence electrons. The van der Waals surface area contributed by atoms with Crippen LogP contribution in [0.5, 0.6) is 11.5 Å².